The van der Waals surface area contributed by atoms with Crippen molar-refractivity contribution in [3.63, 3.8) is 0 Å². The van der Waals surface area contributed by atoms with E-state index in [2.05, 4.69) is 6.92 Å². The van der Waals surface area contributed by atoms with E-state index < -0.39 is 0 Å². The molecule has 4 nitrogen and oxygen atoms in total. The molecule has 0 saturated carbocycles. The summed E-state index contributed by atoms with van der Waals surface area (Å²) in [6, 6.07) is -0.350. The lowest BCUT2D eigenvalue weighted by molar-refractivity contribution is -0.147. The minimum Gasteiger partial charge on any atom is -0.377 e. The van der Waals surface area contributed by atoms with E-state index in [1.165, 1.54) is 0 Å². The summed E-state index contributed by atoms with van der Waals surface area (Å²) < 4.78 is 5.39. The molecule has 0 aliphatic carbocycles. The van der Waals surface area contributed by atoms with Crippen molar-refractivity contribution in [2.75, 3.05) is 19.8 Å². The maximum absolute atomic E-state index is 12.2. The van der Waals surface area contributed by atoms with Gasteiger partial charge in [-0.2, -0.15) is 0 Å². The van der Waals surface area contributed by atoms with Gasteiger partial charge in [0.15, 0.2) is 0 Å². The van der Waals surface area contributed by atoms with Gasteiger partial charge in [-0.25, -0.2) is 0 Å². The Morgan fingerprint density at radius 2 is 2.25 bits per heavy atom. The van der Waals surface area contributed by atoms with Gasteiger partial charge in [0.2, 0.25) is 5.91 Å². The number of hydrogen-bond acceptors (Lipinski definition) is 3. The minimum absolute atomic E-state index is 0.0711. The molecule has 0 spiro atoms. The number of amides is 1. The predicted octanol–water partition coefficient (Wildman–Crippen LogP) is 1.14. The van der Waals surface area contributed by atoms with Crippen LogP contribution in [-0.4, -0.2) is 42.1 Å². The summed E-state index contributed by atoms with van der Waals surface area (Å²) in [5.41, 5.74) is 5.70. The molecule has 1 atom stereocenters. The Kier molecular flexibility index (Phi) is 4.74. The van der Waals surface area contributed by atoms with Crippen LogP contribution in [0, 0.1) is 0 Å². The average molecular weight is 228 g/mol. The molecule has 1 aliphatic rings. The molecule has 0 aromatic rings. The van der Waals surface area contributed by atoms with Crippen LogP contribution in [-0.2, 0) is 9.53 Å². The molecular formula is C12H24N2O2. The highest BCUT2D eigenvalue weighted by Crippen LogP contribution is 2.20. The first kappa shape index (κ1) is 13.5. The summed E-state index contributed by atoms with van der Waals surface area (Å²) in [6.07, 6.45) is 2.87. The van der Waals surface area contributed by atoms with Gasteiger partial charge in [-0.05, 0) is 20.3 Å². The largest absolute Gasteiger partial charge is 0.377 e. The first-order valence-corrected chi connectivity index (χ1v) is 6.14. The number of nitrogens with zero attached hydrogens (tertiary/aromatic N) is 1. The van der Waals surface area contributed by atoms with E-state index in [1.807, 2.05) is 18.7 Å². The van der Waals surface area contributed by atoms with Gasteiger partial charge in [-0.1, -0.05) is 19.8 Å². The molecule has 2 N–H and O–H groups in total. The van der Waals surface area contributed by atoms with Gasteiger partial charge in [0.25, 0.3) is 0 Å². The van der Waals surface area contributed by atoms with E-state index in [0.717, 1.165) is 19.3 Å². The molecule has 0 aromatic heterocycles. The molecule has 16 heavy (non-hydrogen) atoms. The molecule has 0 aromatic carbocycles. The Morgan fingerprint density at radius 1 is 1.56 bits per heavy atom. The molecule has 0 bridgehead atoms. The quantitative estimate of drug-likeness (QED) is 0.785. The maximum Gasteiger partial charge on any atom is 0.240 e. The fourth-order valence-corrected chi connectivity index (χ4v) is 2.01. The summed E-state index contributed by atoms with van der Waals surface area (Å²) >= 11 is 0. The third-order valence-corrected chi connectivity index (χ3v) is 3.10. The fraction of sp³-hybridized carbons (Fsp3) is 0.917. The lowest BCUT2D eigenvalue weighted by Crippen LogP contribution is -2.59. The summed E-state index contributed by atoms with van der Waals surface area (Å²) in [5, 5.41) is 0. The normalized spacial score (nSPS) is 21.9. The van der Waals surface area contributed by atoms with E-state index in [0.29, 0.717) is 19.8 Å². The van der Waals surface area contributed by atoms with Crippen molar-refractivity contribution in [3.8, 4) is 0 Å². The van der Waals surface area contributed by atoms with Crippen LogP contribution in [0.2, 0.25) is 0 Å². The first-order chi connectivity index (χ1) is 7.49. The van der Waals surface area contributed by atoms with Crippen LogP contribution in [0.15, 0.2) is 0 Å². The Bertz CT molecular complexity index is 241. The van der Waals surface area contributed by atoms with Crippen molar-refractivity contribution < 1.29 is 9.53 Å². The van der Waals surface area contributed by atoms with E-state index >= 15 is 0 Å². The molecule has 1 saturated heterocycles. The van der Waals surface area contributed by atoms with Gasteiger partial charge < -0.3 is 15.4 Å². The topological polar surface area (TPSA) is 55.6 Å². The molecule has 1 rings (SSSR count). The van der Waals surface area contributed by atoms with Crippen molar-refractivity contribution >= 4 is 5.91 Å². The number of unbranched alkanes of at least 4 members (excludes halogenated alkanes) is 1. The Morgan fingerprint density at radius 3 is 2.81 bits per heavy atom. The van der Waals surface area contributed by atoms with Crippen molar-refractivity contribution in [2.24, 2.45) is 5.73 Å². The van der Waals surface area contributed by atoms with E-state index in [-0.39, 0.29) is 17.5 Å². The van der Waals surface area contributed by atoms with Crippen LogP contribution >= 0.6 is 0 Å². The molecule has 1 amide bonds. The highest BCUT2D eigenvalue weighted by molar-refractivity contribution is 5.82. The van der Waals surface area contributed by atoms with Gasteiger partial charge >= 0.3 is 0 Å². The monoisotopic (exact) mass is 228 g/mol. The van der Waals surface area contributed by atoms with Gasteiger partial charge in [-0.3, -0.25) is 4.79 Å². The molecule has 1 fully saturated rings. The van der Waals surface area contributed by atoms with Crippen molar-refractivity contribution in [3.05, 3.63) is 0 Å². The van der Waals surface area contributed by atoms with Crippen LogP contribution in [0.4, 0.5) is 0 Å². The third-order valence-electron chi connectivity index (χ3n) is 3.10. The summed E-state index contributed by atoms with van der Waals surface area (Å²) in [7, 11) is 0. The van der Waals surface area contributed by atoms with Gasteiger partial charge in [-0.15, -0.1) is 0 Å². The Balaban J connectivity index is 2.57. The highest BCUT2D eigenvalue weighted by atomic mass is 16.5. The smallest absolute Gasteiger partial charge is 0.240 e. The fourth-order valence-electron chi connectivity index (χ4n) is 2.01. The summed E-state index contributed by atoms with van der Waals surface area (Å²) in [4.78, 5) is 14.0. The minimum atomic E-state index is -0.350. The predicted molar refractivity (Wildman–Crippen MR) is 64.1 cm³/mol. The highest BCUT2D eigenvalue weighted by Gasteiger charge is 2.35. The van der Waals surface area contributed by atoms with E-state index in [4.69, 9.17) is 10.5 Å². The number of hydrogen-bond donors (Lipinski definition) is 1. The van der Waals surface area contributed by atoms with Gasteiger partial charge in [0.1, 0.15) is 0 Å². The third kappa shape index (κ3) is 3.19. The molecule has 1 aliphatic heterocycles. The van der Waals surface area contributed by atoms with Gasteiger partial charge in [0.05, 0.1) is 24.8 Å². The Hall–Kier alpha value is -0.610. The number of carbonyl (C=O) groups excluding carboxylic acids is 1. The zero-order valence-electron chi connectivity index (χ0n) is 10.7. The van der Waals surface area contributed by atoms with E-state index in [9.17, 15) is 4.79 Å². The van der Waals surface area contributed by atoms with Crippen molar-refractivity contribution in [2.45, 2.75) is 51.6 Å². The first-order valence-electron chi connectivity index (χ1n) is 6.14. The average Bonchev–Trinajstić information content (AvgIpc) is 2.24. The van der Waals surface area contributed by atoms with Crippen LogP contribution in [0.3, 0.4) is 0 Å². The zero-order chi connectivity index (χ0) is 12.2. The number of morpholine rings is 1. The molecule has 1 heterocycles. The molecular weight excluding hydrogens is 204 g/mol. The summed E-state index contributed by atoms with van der Waals surface area (Å²) in [6.45, 7) is 8.03. The summed E-state index contributed by atoms with van der Waals surface area (Å²) in [5.74, 6) is 0.0711. The molecule has 0 radical (unpaired) electrons. The second kappa shape index (κ2) is 5.64. The maximum atomic E-state index is 12.2. The van der Waals surface area contributed by atoms with Crippen molar-refractivity contribution in [1.82, 2.24) is 4.90 Å². The van der Waals surface area contributed by atoms with Crippen LogP contribution in [0.5, 0.6) is 0 Å². The second-order valence-corrected chi connectivity index (χ2v) is 5.10. The molecule has 1 unspecified atom stereocenters. The molecule has 94 valence electrons. The number of rotatable bonds is 4. The van der Waals surface area contributed by atoms with Crippen LogP contribution < -0.4 is 5.73 Å². The van der Waals surface area contributed by atoms with Crippen molar-refractivity contribution in [1.29, 1.82) is 0 Å². The SMILES string of the molecule is CCCCC(N)C(=O)N1CCOCC1(C)C. The second-order valence-electron chi connectivity index (χ2n) is 5.10. The lowest BCUT2D eigenvalue weighted by atomic mass is 10.00. The number of ether oxygens (including phenoxy) is 1. The van der Waals surface area contributed by atoms with Crippen LogP contribution in [0.25, 0.3) is 0 Å². The van der Waals surface area contributed by atoms with Gasteiger partial charge in [0, 0.05) is 6.54 Å². The zero-order valence-corrected chi connectivity index (χ0v) is 10.7. The van der Waals surface area contributed by atoms with Crippen LogP contribution in [0.1, 0.15) is 40.0 Å². The number of carbonyl (C=O) groups is 1. The van der Waals surface area contributed by atoms with E-state index in [1.54, 1.807) is 0 Å². The lowest BCUT2D eigenvalue weighted by Gasteiger charge is -2.43. The standard InChI is InChI=1S/C12H24N2O2/c1-4-5-6-10(13)11(15)14-7-8-16-9-12(14,2)3/h10H,4-9,13H2,1-3H3. The Labute approximate surface area is 98.1 Å². The number of nitrogens with two attached hydrogens (primary N) is 1. The molecule has 4 heteroatoms.